The Labute approximate surface area is 126 Å². The summed E-state index contributed by atoms with van der Waals surface area (Å²) in [4.78, 5) is 3.88. The van der Waals surface area contributed by atoms with Crippen LogP contribution in [-0.2, 0) is 17.1 Å². The van der Waals surface area contributed by atoms with Crippen molar-refractivity contribution >= 4 is 22.4 Å². The maximum atomic E-state index is 12.1. The maximum Gasteiger partial charge on any atom is 0.259 e. The van der Waals surface area contributed by atoms with Gasteiger partial charge in [0, 0.05) is 25.8 Å². The van der Waals surface area contributed by atoms with E-state index in [2.05, 4.69) is 28.9 Å². The molecule has 2 heterocycles. The Morgan fingerprint density at radius 2 is 2.25 bits per heavy atom. The SMILES string of the molecule is Cl.Cn1cnc(S(=O)(=O)NCC2NCCCC2(C)C)c1. The Kier molecular flexibility index (Phi) is 5.60. The monoisotopic (exact) mass is 322 g/mol. The van der Waals surface area contributed by atoms with Gasteiger partial charge in [-0.3, -0.25) is 0 Å². The lowest BCUT2D eigenvalue weighted by atomic mass is 9.78. The Bertz CT molecular complexity index is 541. The molecule has 1 atom stereocenters. The van der Waals surface area contributed by atoms with Gasteiger partial charge in [0.05, 0.1) is 6.33 Å². The van der Waals surface area contributed by atoms with E-state index < -0.39 is 10.0 Å². The third-order valence-corrected chi connectivity index (χ3v) is 5.07. The minimum atomic E-state index is -3.51. The molecule has 0 spiro atoms. The first kappa shape index (κ1) is 17.4. The lowest BCUT2D eigenvalue weighted by Gasteiger charge is -2.39. The lowest BCUT2D eigenvalue weighted by molar-refractivity contribution is 0.181. The number of hydrogen-bond acceptors (Lipinski definition) is 4. The number of nitrogens with zero attached hydrogens (tertiary/aromatic N) is 2. The van der Waals surface area contributed by atoms with Crippen molar-refractivity contribution in [3.8, 4) is 0 Å². The van der Waals surface area contributed by atoms with Crippen LogP contribution in [0.4, 0.5) is 0 Å². The number of sulfonamides is 1. The Morgan fingerprint density at radius 1 is 1.55 bits per heavy atom. The van der Waals surface area contributed by atoms with E-state index in [1.54, 1.807) is 11.6 Å². The fraction of sp³-hybridized carbons (Fsp3) is 0.750. The molecule has 0 aromatic carbocycles. The Morgan fingerprint density at radius 3 is 2.80 bits per heavy atom. The Balaban J connectivity index is 0.00000200. The molecule has 6 nitrogen and oxygen atoms in total. The van der Waals surface area contributed by atoms with Crippen LogP contribution in [-0.4, -0.2) is 37.1 Å². The summed E-state index contributed by atoms with van der Waals surface area (Å²) in [6, 6.07) is 0.153. The minimum Gasteiger partial charge on any atom is -0.339 e. The summed E-state index contributed by atoms with van der Waals surface area (Å²) >= 11 is 0. The highest BCUT2D eigenvalue weighted by Crippen LogP contribution is 2.29. The molecule has 0 radical (unpaired) electrons. The molecule has 1 fully saturated rings. The van der Waals surface area contributed by atoms with Crippen LogP contribution in [0.2, 0.25) is 0 Å². The summed E-state index contributed by atoms with van der Waals surface area (Å²) in [5.74, 6) is 0. The summed E-state index contributed by atoms with van der Waals surface area (Å²) in [5.41, 5.74) is 0.102. The second-order valence-electron chi connectivity index (χ2n) is 5.83. The van der Waals surface area contributed by atoms with Gasteiger partial charge in [-0.15, -0.1) is 12.4 Å². The van der Waals surface area contributed by atoms with Gasteiger partial charge in [0.15, 0.2) is 5.03 Å². The molecule has 1 unspecified atom stereocenters. The summed E-state index contributed by atoms with van der Waals surface area (Å²) < 4.78 is 28.4. The van der Waals surface area contributed by atoms with Crippen LogP contribution in [0.5, 0.6) is 0 Å². The molecule has 0 bridgehead atoms. The van der Waals surface area contributed by atoms with Gasteiger partial charge >= 0.3 is 0 Å². The van der Waals surface area contributed by atoms with E-state index in [4.69, 9.17) is 0 Å². The zero-order valence-electron chi connectivity index (χ0n) is 12.1. The number of aromatic nitrogens is 2. The van der Waals surface area contributed by atoms with Gasteiger partial charge in [-0.1, -0.05) is 13.8 Å². The molecule has 0 saturated carbocycles. The molecule has 8 heteroatoms. The third-order valence-electron chi connectivity index (χ3n) is 3.77. The van der Waals surface area contributed by atoms with Crippen molar-refractivity contribution in [2.45, 2.75) is 37.8 Å². The topological polar surface area (TPSA) is 76.0 Å². The molecular formula is C12H23ClN4O2S. The van der Waals surface area contributed by atoms with E-state index in [9.17, 15) is 8.42 Å². The van der Waals surface area contributed by atoms with Crippen molar-refractivity contribution in [1.29, 1.82) is 0 Å². The largest absolute Gasteiger partial charge is 0.339 e. The highest BCUT2D eigenvalue weighted by molar-refractivity contribution is 7.89. The molecule has 0 aliphatic carbocycles. The van der Waals surface area contributed by atoms with E-state index in [1.165, 1.54) is 12.5 Å². The van der Waals surface area contributed by atoms with Crippen LogP contribution in [0.3, 0.4) is 0 Å². The first-order valence-electron chi connectivity index (χ1n) is 6.52. The van der Waals surface area contributed by atoms with Crippen LogP contribution in [0, 0.1) is 5.41 Å². The van der Waals surface area contributed by atoms with E-state index in [1.807, 2.05) is 0 Å². The minimum absolute atomic E-state index is 0. The standard InChI is InChI=1S/C12H22N4O2S.ClH/c1-12(2)5-4-6-13-10(12)7-15-19(17,18)11-8-16(3)9-14-11;/h8-10,13,15H,4-7H2,1-3H3;1H. The zero-order chi connectivity index (χ0) is 14.1. The number of halogens is 1. The van der Waals surface area contributed by atoms with Gasteiger partial charge in [0.2, 0.25) is 0 Å². The number of aryl methyl sites for hydroxylation is 1. The quantitative estimate of drug-likeness (QED) is 0.863. The molecule has 1 aromatic heterocycles. The Hall–Kier alpha value is -0.630. The van der Waals surface area contributed by atoms with Gasteiger partial charge in [-0.2, -0.15) is 0 Å². The average molecular weight is 323 g/mol. The second-order valence-corrected chi connectivity index (χ2v) is 7.54. The zero-order valence-corrected chi connectivity index (χ0v) is 13.7. The molecule has 2 N–H and O–H groups in total. The normalized spacial score (nSPS) is 22.2. The number of nitrogens with one attached hydrogen (secondary N) is 2. The summed E-state index contributed by atoms with van der Waals surface area (Å²) in [6.07, 6.45) is 5.23. The lowest BCUT2D eigenvalue weighted by Crippen LogP contribution is -2.52. The van der Waals surface area contributed by atoms with Gasteiger partial charge < -0.3 is 9.88 Å². The van der Waals surface area contributed by atoms with Gasteiger partial charge in [0.1, 0.15) is 0 Å². The number of piperidine rings is 1. The molecule has 1 aliphatic heterocycles. The highest BCUT2D eigenvalue weighted by atomic mass is 35.5. The molecule has 1 saturated heterocycles. The van der Waals surface area contributed by atoms with Gasteiger partial charge in [0.25, 0.3) is 10.0 Å². The van der Waals surface area contributed by atoms with Crippen molar-refractivity contribution < 1.29 is 8.42 Å². The van der Waals surface area contributed by atoms with Crippen LogP contribution >= 0.6 is 12.4 Å². The van der Waals surface area contributed by atoms with Gasteiger partial charge in [-0.05, 0) is 24.8 Å². The smallest absolute Gasteiger partial charge is 0.259 e. The summed E-state index contributed by atoms with van der Waals surface area (Å²) in [6.45, 7) is 5.67. The predicted octanol–water partition coefficient (Wildman–Crippen LogP) is 0.898. The van der Waals surface area contributed by atoms with E-state index in [-0.39, 0.29) is 28.9 Å². The molecular weight excluding hydrogens is 300 g/mol. The second kappa shape index (κ2) is 6.43. The van der Waals surface area contributed by atoms with E-state index in [0.29, 0.717) is 6.54 Å². The van der Waals surface area contributed by atoms with Crippen molar-refractivity contribution in [2.75, 3.05) is 13.1 Å². The van der Waals surface area contributed by atoms with Crippen molar-refractivity contribution in [3.05, 3.63) is 12.5 Å². The predicted molar refractivity (Wildman–Crippen MR) is 80.5 cm³/mol. The van der Waals surface area contributed by atoms with E-state index >= 15 is 0 Å². The van der Waals surface area contributed by atoms with E-state index in [0.717, 1.165) is 19.4 Å². The fourth-order valence-electron chi connectivity index (χ4n) is 2.41. The molecule has 0 amide bonds. The molecule has 116 valence electrons. The van der Waals surface area contributed by atoms with Crippen molar-refractivity contribution in [1.82, 2.24) is 19.6 Å². The van der Waals surface area contributed by atoms with Crippen molar-refractivity contribution in [2.24, 2.45) is 12.5 Å². The van der Waals surface area contributed by atoms with Crippen LogP contribution in [0.25, 0.3) is 0 Å². The molecule has 2 rings (SSSR count). The fourth-order valence-corrected chi connectivity index (χ4v) is 3.44. The van der Waals surface area contributed by atoms with Gasteiger partial charge in [-0.25, -0.2) is 18.1 Å². The average Bonchev–Trinajstić information content (AvgIpc) is 2.75. The highest BCUT2D eigenvalue weighted by Gasteiger charge is 2.32. The maximum absolute atomic E-state index is 12.1. The van der Waals surface area contributed by atoms with Crippen LogP contribution in [0.15, 0.2) is 17.6 Å². The summed E-state index contributed by atoms with van der Waals surface area (Å²) in [5, 5.41) is 3.46. The van der Waals surface area contributed by atoms with Crippen molar-refractivity contribution in [3.63, 3.8) is 0 Å². The first-order valence-corrected chi connectivity index (χ1v) is 8.01. The van der Waals surface area contributed by atoms with Crippen LogP contribution in [0.1, 0.15) is 26.7 Å². The number of imidazole rings is 1. The molecule has 1 aromatic rings. The van der Waals surface area contributed by atoms with Crippen LogP contribution < -0.4 is 10.0 Å². The molecule has 20 heavy (non-hydrogen) atoms. The summed E-state index contributed by atoms with van der Waals surface area (Å²) in [7, 11) is -1.76. The molecule has 1 aliphatic rings. The first-order chi connectivity index (χ1) is 8.81. The number of rotatable bonds is 4. The third kappa shape index (κ3) is 3.94. The number of hydrogen-bond donors (Lipinski definition) is 2.